The number of hydrogen-bond donors (Lipinski definition) is 1. The molecule has 0 aliphatic heterocycles. The summed E-state index contributed by atoms with van der Waals surface area (Å²) in [6, 6.07) is 1.85. The van der Waals surface area contributed by atoms with Crippen LogP contribution in [0.3, 0.4) is 0 Å². The van der Waals surface area contributed by atoms with E-state index in [-0.39, 0.29) is 24.8 Å². The second kappa shape index (κ2) is 5.31. The minimum absolute atomic E-state index is 0.0255. The van der Waals surface area contributed by atoms with Gasteiger partial charge < -0.3 is 5.32 Å². The molecular weight excluding hydrogens is 219 g/mol. The van der Waals surface area contributed by atoms with Gasteiger partial charge in [0.05, 0.1) is 6.07 Å². The Hall–Kier alpha value is -1.37. The second-order valence-corrected chi connectivity index (χ2v) is 5.09. The molecule has 1 amide bonds. The number of amides is 1. The maximum atomic E-state index is 14.0. The van der Waals surface area contributed by atoms with Gasteiger partial charge in [0.15, 0.2) is 0 Å². The van der Waals surface area contributed by atoms with Crippen LogP contribution in [0.5, 0.6) is 0 Å². The van der Waals surface area contributed by atoms with Crippen LogP contribution < -0.4 is 5.32 Å². The molecule has 1 aliphatic carbocycles. The Bertz CT molecular complexity index is 357. The van der Waals surface area contributed by atoms with Gasteiger partial charge >= 0.3 is 0 Å². The van der Waals surface area contributed by atoms with Crippen LogP contribution in [-0.4, -0.2) is 18.1 Å². The lowest BCUT2D eigenvalue weighted by Crippen LogP contribution is -2.43. The molecule has 1 saturated carbocycles. The molecule has 1 unspecified atom stereocenters. The van der Waals surface area contributed by atoms with Crippen molar-refractivity contribution in [2.45, 2.75) is 38.8 Å². The van der Waals surface area contributed by atoms with Crippen molar-refractivity contribution in [1.29, 1.82) is 5.26 Å². The maximum Gasteiger partial charge on any atom is 0.224 e. The van der Waals surface area contributed by atoms with Gasteiger partial charge in [0.25, 0.3) is 0 Å². The van der Waals surface area contributed by atoms with Gasteiger partial charge in [0.1, 0.15) is 12.2 Å². The van der Waals surface area contributed by atoms with Crippen LogP contribution in [0.25, 0.3) is 0 Å². The quantitative estimate of drug-likeness (QED) is 0.606. The first-order valence-corrected chi connectivity index (χ1v) is 5.86. The molecule has 1 aliphatic rings. The standard InChI is InChI=1S/C13H19FN2O/c1-9(2)10-4-5-13(3,14)8-11(10)12(17)16-7-6-15/h10-11H,1,4-5,7-8H2,2-3H3,(H,16,17)/t10-,11+,13?/m0/s1. The molecule has 0 aromatic heterocycles. The smallest absolute Gasteiger partial charge is 0.224 e. The molecule has 94 valence electrons. The Morgan fingerprint density at radius 2 is 2.29 bits per heavy atom. The molecule has 4 heteroatoms. The van der Waals surface area contributed by atoms with Crippen LogP contribution in [0.2, 0.25) is 0 Å². The average Bonchev–Trinajstić information content (AvgIpc) is 2.24. The largest absolute Gasteiger partial charge is 0.343 e. The minimum atomic E-state index is -1.29. The predicted octanol–water partition coefficient (Wildman–Crippen LogP) is 2.35. The topological polar surface area (TPSA) is 52.9 Å². The van der Waals surface area contributed by atoms with Crippen molar-refractivity contribution in [2.24, 2.45) is 11.8 Å². The number of carbonyl (C=O) groups is 1. The van der Waals surface area contributed by atoms with E-state index in [4.69, 9.17) is 5.26 Å². The molecular formula is C13H19FN2O. The van der Waals surface area contributed by atoms with Crippen molar-refractivity contribution in [2.75, 3.05) is 6.54 Å². The van der Waals surface area contributed by atoms with Crippen molar-refractivity contribution in [3.8, 4) is 6.07 Å². The summed E-state index contributed by atoms with van der Waals surface area (Å²) in [6.45, 7) is 7.25. The Morgan fingerprint density at radius 3 is 2.82 bits per heavy atom. The number of carbonyl (C=O) groups excluding carboxylic acids is 1. The fourth-order valence-electron chi connectivity index (χ4n) is 2.48. The van der Waals surface area contributed by atoms with E-state index < -0.39 is 11.6 Å². The third-order valence-electron chi connectivity index (χ3n) is 3.42. The third kappa shape index (κ3) is 3.55. The van der Waals surface area contributed by atoms with Crippen LogP contribution in [-0.2, 0) is 4.79 Å². The average molecular weight is 238 g/mol. The summed E-state index contributed by atoms with van der Waals surface area (Å²) in [5.41, 5.74) is -0.377. The highest BCUT2D eigenvalue weighted by atomic mass is 19.1. The number of nitrogens with zero attached hydrogens (tertiary/aromatic N) is 1. The normalized spacial score (nSPS) is 32.6. The van der Waals surface area contributed by atoms with Crippen molar-refractivity contribution in [1.82, 2.24) is 5.32 Å². The summed E-state index contributed by atoms with van der Waals surface area (Å²) in [5.74, 6) is -0.606. The highest BCUT2D eigenvalue weighted by molar-refractivity contribution is 5.79. The van der Waals surface area contributed by atoms with E-state index in [1.54, 1.807) is 0 Å². The Morgan fingerprint density at radius 1 is 1.65 bits per heavy atom. The molecule has 0 aromatic carbocycles. The molecule has 3 nitrogen and oxygen atoms in total. The molecule has 0 saturated heterocycles. The number of nitrogens with one attached hydrogen (secondary N) is 1. The molecule has 1 rings (SSSR count). The van der Waals surface area contributed by atoms with E-state index >= 15 is 0 Å². The zero-order valence-corrected chi connectivity index (χ0v) is 10.4. The Balaban J connectivity index is 2.77. The van der Waals surface area contributed by atoms with Gasteiger partial charge in [0.2, 0.25) is 5.91 Å². The van der Waals surface area contributed by atoms with Crippen molar-refractivity contribution in [3.63, 3.8) is 0 Å². The summed E-state index contributed by atoms with van der Waals surface area (Å²) >= 11 is 0. The summed E-state index contributed by atoms with van der Waals surface area (Å²) in [6.07, 6.45) is 1.32. The van der Waals surface area contributed by atoms with Crippen molar-refractivity contribution in [3.05, 3.63) is 12.2 Å². The van der Waals surface area contributed by atoms with Crippen LogP contribution in [0, 0.1) is 23.2 Å². The fraction of sp³-hybridized carbons (Fsp3) is 0.692. The monoisotopic (exact) mass is 238 g/mol. The van der Waals surface area contributed by atoms with E-state index in [0.717, 1.165) is 5.57 Å². The maximum absolute atomic E-state index is 14.0. The molecule has 1 N–H and O–H groups in total. The number of alkyl halides is 1. The van der Waals surface area contributed by atoms with E-state index in [0.29, 0.717) is 12.8 Å². The lowest BCUT2D eigenvalue weighted by Gasteiger charge is -2.37. The zero-order valence-electron chi connectivity index (χ0n) is 10.4. The predicted molar refractivity (Wildman–Crippen MR) is 63.8 cm³/mol. The van der Waals surface area contributed by atoms with Gasteiger partial charge in [-0.2, -0.15) is 5.26 Å². The molecule has 0 bridgehead atoms. The third-order valence-corrected chi connectivity index (χ3v) is 3.42. The molecule has 3 atom stereocenters. The number of allylic oxidation sites excluding steroid dienone is 1. The summed E-state index contributed by atoms with van der Waals surface area (Å²) < 4.78 is 14.0. The molecule has 0 spiro atoms. The van der Waals surface area contributed by atoms with Crippen molar-refractivity contribution < 1.29 is 9.18 Å². The summed E-state index contributed by atoms with van der Waals surface area (Å²) in [4.78, 5) is 11.9. The van der Waals surface area contributed by atoms with Gasteiger partial charge in [-0.05, 0) is 39.0 Å². The van der Waals surface area contributed by atoms with Crippen LogP contribution in [0.15, 0.2) is 12.2 Å². The van der Waals surface area contributed by atoms with Crippen LogP contribution in [0.1, 0.15) is 33.1 Å². The summed E-state index contributed by atoms with van der Waals surface area (Å²) in [5, 5.41) is 11.0. The van der Waals surface area contributed by atoms with Gasteiger partial charge in [-0.3, -0.25) is 4.79 Å². The van der Waals surface area contributed by atoms with E-state index in [2.05, 4.69) is 11.9 Å². The van der Waals surface area contributed by atoms with Crippen LogP contribution in [0.4, 0.5) is 4.39 Å². The van der Waals surface area contributed by atoms with Crippen molar-refractivity contribution >= 4 is 5.91 Å². The number of halogens is 1. The highest BCUT2D eigenvalue weighted by Crippen LogP contribution is 2.41. The number of nitriles is 1. The molecule has 0 heterocycles. The fourth-order valence-corrected chi connectivity index (χ4v) is 2.48. The number of rotatable bonds is 3. The second-order valence-electron chi connectivity index (χ2n) is 5.09. The number of hydrogen-bond acceptors (Lipinski definition) is 2. The lowest BCUT2D eigenvalue weighted by atomic mass is 9.70. The zero-order chi connectivity index (χ0) is 13.1. The molecule has 0 radical (unpaired) electrons. The molecule has 0 aromatic rings. The lowest BCUT2D eigenvalue weighted by molar-refractivity contribution is -0.129. The first-order chi connectivity index (χ1) is 7.87. The van der Waals surface area contributed by atoms with E-state index in [1.165, 1.54) is 6.92 Å². The van der Waals surface area contributed by atoms with Gasteiger partial charge in [-0.15, -0.1) is 0 Å². The van der Waals surface area contributed by atoms with E-state index in [1.807, 2.05) is 13.0 Å². The van der Waals surface area contributed by atoms with Crippen LogP contribution >= 0.6 is 0 Å². The molecule has 17 heavy (non-hydrogen) atoms. The highest BCUT2D eigenvalue weighted by Gasteiger charge is 2.41. The van der Waals surface area contributed by atoms with E-state index in [9.17, 15) is 9.18 Å². The van der Waals surface area contributed by atoms with Gasteiger partial charge in [-0.1, -0.05) is 12.2 Å². The summed E-state index contributed by atoms with van der Waals surface area (Å²) in [7, 11) is 0. The molecule has 1 fully saturated rings. The first kappa shape index (κ1) is 13.7. The minimum Gasteiger partial charge on any atom is -0.343 e. The SMILES string of the molecule is C=C(C)[C@@H]1CCC(C)(F)C[C@H]1C(=O)NCC#N. The van der Waals surface area contributed by atoms with Gasteiger partial charge in [0, 0.05) is 5.92 Å². The van der Waals surface area contributed by atoms with Gasteiger partial charge in [-0.25, -0.2) is 4.39 Å². The first-order valence-electron chi connectivity index (χ1n) is 5.86. The Kier molecular flexibility index (Phi) is 4.28. The Labute approximate surface area is 102 Å².